The minimum absolute atomic E-state index is 0.509. The molecule has 1 aromatic heterocycles. The molecule has 0 aliphatic heterocycles. The summed E-state index contributed by atoms with van der Waals surface area (Å²) >= 11 is 4.89. The minimum atomic E-state index is 0.509. The van der Waals surface area contributed by atoms with E-state index in [1.165, 1.54) is 11.1 Å². The van der Waals surface area contributed by atoms with Crippen molar-refractivity contribution in [1.29, 1.82) is 0 Å². The zero-order valence-corrected chi connectivity index (χ0v) is 9.40. The van der Waals surface area contributed by atoms with E-state index in [4.69, 9.17) is 12.2 Å². The molecule has 1 aromatic carbocycles. The van der Waals surface area contributed by atoms with Crippen LogP contribution in [-0.4, -0.2) is 15.2 Å². The molecule has 0 atom stereocenters. The molecule has 15 heavy (non-hydrogen) atoms. The molecule has 0 unspecified atom stereocenters. The quantitative estimate of drug-likeness (QED) is 0.779. The lowest BCUT2D eigenvalue weighted by molar-refractivity contribution is 0.970. The molecule has 0 amide bonds. The number of aromatic nitrogens is 3. The van der Waals surface area contributed by atoms with Gasteiger partial charge in [0.15, 0.2) is 0 Å². The normalized spacial score (nSPS) is 10.5. The molecule has 0 aliphatic rings. The lowest BCUT2D eigenvalue weighted by atomic mass is 10.1. The molecule has 0 spiro atoms. The highest BCUT2D eigenvalue weighted by molar-refractivity contribution is 7.71. The highest BCUT2D eigenvalue weighted by Gasteiger charge is 1.99. The van der Waals surface area contributed by atoms with Crippen LogP contribution in [0.2, 0.25) is 0 Å². The highest BCUT2D eigenvalue weighted by atomic mass is 32.1. The van der Waals surface area contributed by atoms with E-state index in [9.17, 15) is 0 Å². The highest BCUT2D eigenvalue weighted by Crippen LogP contribution is 2.08. The molecule has 3 nitrogen and oxygen atoms in total. The van der Waals surface area contributed by atoms with E-state index in [-0.39, 0.29) is 0 Å². The summed E-state index contributed by atoms with van der Waals surface area (Å²) < 4.78 is 0.509. The number of aromatic amines is 2. The van der Waals surface area contributed by atoms with Crippen LogP contribution in [0.15, 0.2) is 24.3 Å². The van der Waals surface area contributed by atoms with Gasteiger partial charge < -0.3 is 0 Å². The first-order valence-electron chi connectivity index (χ1n) is 4.99. The van der Waals surface area contributed by atoms with Crippen molar-refractivity contribution in [3.05, 3.63) is 46.0 Å². The van der Waals surface area contributed by atoms with Crippen LogP contribution < -0.4 is 0 Å². The first-order valence-corrected chi connectivity index (χ1v) is 5.40. The van der Waals surface area contributed by atoms with Gasteiger partial charge >= 0.3 is 0 Å². The Morgan fingerprint density at radius 2 is 1.80 bits per heavy atom. The van der Waals surface area contributed by atoms with Gasteiger partial charge in [0.05, 0.1) is 0 Å². The van der Waals surface area contributed by atoms with E-state index in [1.807, 2.05) is 0 Å². The Hall–Kier alpha value is -1.42. The van der Waals surface area contributed by atoms with Crippen LogP contribution in [-0.2, 0) is 12.8 Å². The van der Waals surface area contributed by atoms with E-state index in [2.05, 4.69) is 46.4 Å². The summed E-state index contributed by atoms with van der Waals surface area (Å²) in [6.07, 6.45) is 1.86. The topological polar surface area (TPSA) is 44.5 Å². The number of nitrogens with one attached hydrogen (secondary N) is 2. The number of rotatable bonds is 3. The van der Waals surface area contributed by atoms with Gasteiger partial charge in [-0.2, -0.15) is 0 Å². The van der Waals surface area contributed by atoms with E-state index < -0.39 is 0 Å². The van der Waals surface area contributed by atoms with E-state index in [0.717, 1.165) is 18.7 Å². The van der Waals surface area contributed by atoms with Crippen molar-refractivity contribution in [1.82, 2.24) is 15.2 Å². The third kappa shape index (κ3) is 2.53. The first-order chi connectivity index (χ1) is 7.28. The summed E-state index contributed by atoms with van der Waals surface area (Å²) in [5, 5.41) is 5.73. The number of hydrogen-bond donors (Lipinski definition) is 2. The molecule has 2 aromatic rings. The van der Waals surface area contributed by atoms with Gasteiger partial charge in [0, 0.05) is 6.42 Å². The maximum absolute atomic E-state index is 4.89. The fourth-order valence-corrected chi connectivity index (χ4v) is 1.64. The maximum atomic E-state index is 4.89. The van der Waals surface area contributed by atoms with Gasteiger partial charge in [0.2, 0.25) is 4.77 Å². The van der Waals surface area contributed by atoms with Crippen molar-refractivity contribution in [2.45, 2.75) is 19.8 Å². The fourth-order valence-electron chi connectivity index (χ4n) is 1.47. The first kappa shape index (κ1) is 10.1. The van der Waals surface area contributed by atoms with Crippen LogP contribution in [0.25, 0.3) is 0 Å². The van der Waals surface area contributed by atoms with Gasteiger partial charge in [0.1, 0.15) is 5.82 Å². The monoisotopic (exact) mass is 219 g/mol. The Kier molecular flexibility index (Phi) is 2.97. The van der Waals surface area contributed by atoms with E-state index in [0.29, 0.717) is 4.77 Å². The van der Waals surface area contributed by atoms with Gasteiger partial charge in [-0.3, -0.25) is 10.2 Å². The van der Waals surface area contributed by atoms with Gasteiger partial charge in [0.25, 0.3) is 0 Å². The van der Waals surface area contributed by atoms with Crippen molar-refractivity contribution in [3.8, 4) is 0 Å². The van der Waals surface area contributed by atoms with Crippen molar-refractivity contribution in [2.24, 2.45) is 0 Å². The Bertz CT molecular complexity index is 481. The van der Waals surface area contributed by atoms with Crippen molar-refractivity contribution in [3.63, 3.8) is 0 Å². The number of nitrogens with zero attached hydrogens (tertiary/aromatic N) is 1. The third-order valence-corrected chi connectivity index (χ3v) is 2.55. The molecule has 2 N–H and O–H groups in total. The summed E-state index contributed by atoms with van der Waals surface area (Å²) in [5.41, 5.74) is 2.60. The van der Waals surface area contributed by atoms with Gasteiger partial charge in [-0.05, 0) is 29.8 Å². The Morgan fingerprint density at radius 1 is 1.13 bits per heavy atom. The summed E-state index contributed by atoms with van der Waals surface area (Å²) in [6, 6.07) is 8.56. The molecule has 0 radical (unpaired) electrons. The second kappa shape index (κ2) is 4.40. The summed E-state index contributed by atoms with van der Waals surface area (Å²) in [5.74, 6) is 0.879. The molecule has 78 valence electrons. The maximum Gasteiger partial charge on any atom is 0.213 e. The summed E-state index contributed by atoms with van der Waals surface area (Å²) in [6.45, 7) is 2.15. The number of benzene rings is 1. The lowest BCUT2D eigenvalue weighted by Gasteiger charge is -1.99. The van der Waals surface area contributed by atoms with Crippen molar-refractivity contribution < 1.29 is 0 Å². The Morgan fingerprint density at radius 3 is 2.33 bits per heavy atom. The molecule has 0 saturated carbocycles. The summed E-state index contributed by atoms with van der Waals surface area (Å²) in [7, 11) is 0. The standard InChI is InChI=1S/C11H13N3S/c1-2-8-3-5-9(6-4-8)7-10-12-11(15)14-13-10/h3-6H,2,7H2,1H3,(H2,12,13,14,15). The SMILES string of the molecule is CCc1ccc(Cc2nc(=S)[nH][nH]2)cc1. The molecule has 1 heterocycles. The predicted molar refractivity (Wildman–Crippen MR) is 62.4 cm³/mol. The van der Waals surface area contributed by atoms with Crippen LogP contribution in [0.5, 0.6) is 0 Å². The van der Waals surface area contributed by atoms with Crippen molar-refractivity contribution >= 4 is 12.2 Å². The van der Waals surface area contributed by atoms with Gasteiger partial charge in [-0.15, -0.1) is 0 Å². The fraction of sp³-hybridized carbons (Fsp3) is 0.273. The van der Waals surface area contributed by atoms with Gasteiger partial charge in [-0.25, -0.2) is 4.98 Å². The molecule has 0 fully saturated rings. The molecule has 0 aliphatic carbocycles. The molecular weight excluding hydrogens is 206 g/mol. The number of aryl methyl sites for hydroxylation is 1. The molecule has 2 rings (SSSR count). The largest absolute Gasteiger partial charge is 0.285 e. The lowest BCUT2D eigenvalue weighted by Crippen LogP contribution is -1.91. The number of hydrogen-bond acceptors (Lipinski definition) is 2. The number of H-pyrrole nitrogens is 2. The summed E-state index contributed by atoms with van der Waals surface area (Å²) in [4.78, 5) is 4.15. The van der Waals surface area contributed by atoms with E-state index in [1.54, 1.807) is 0 Å². The average molecular weight is 219 g/mol. The van der Waals surface area contributed by atoms with Crippen LogP contribution in [0.4, 0.5) is 0 Å². The minimum Gasteiger partial charge on any atom is -0.285 e. The predicted octanol–water partition coefficient (Wildman–Crippen LogP) is 2.62. The second-order valence-electron chi connectivity index (χ2n) is 3.46. The molecular formula is C11H13N3S. The second-order valence-corrected chi connectivity index (χ2v) is 3.85. The molecule has 4 heteroatoms. The Labute approximate surface area is 93.6 Å². The smallest absolute Gasteiger partial charge is 0.213 e. The van der Waals surface area contributed by atoms with E-state index >= 15 is 0 Å². The van der Waals surface area contributed by atoms with Crippen LogP contribution >= 0.6 is 12.2 Å². The Balaban J connectivity index is 2.14. The van der Waals surface area contributed by atoms with Crippen LogP contribution in [0, 0.1) is 4.77 Å². The van der Waals surface area contributed by atoms with Crippen LogP contribution in [0.1, 0.15) is 23.9 Å². The average Bonchev–Trinajstić information content (AvgIpc) is 2.65. The van der Waals surface area contributed by atoms with Crippen LogP contribution in [0.3, 0.4) is 0 Å². The third-order valence-electron chi connectivity index (χ3n) is 2.35. The van der Waals surface area contributed by atoms with Gasteiger partial charge in [-0.1, -0.05) is 31.2 Å². The zero-order valence-electron chi connectivity index (χ0n) is 8.58. The molecule has 0 bridgehead atoms. The zero-order chi connectivity index (χ0) is 10.7. The molecule has 0 saturated heterocycles. The van der Waals surface area contributed by atoms with Crippen molar-refractivity contribution in [2.75, 3.05) is 0 Å².